The number of terminal acetylenes is 1. The number of nitrogens with one attached hydrogen (secondary N) is 1. The van der Waals surface area contributed by atoms with Gasteiger partial charge in [-0.25, -0.2) is 4.98 Å². The summed E-state index contributed by atoms with van der Waals surface area (Å²) >= 11 is 0. The molecule has 0 aliphatic heterocycles. The molecular weight excluding hydrogens is 298 g/mol. The summed E-state index contributed by atoms with van der Waals surface area (Å²) < 4.78 is 2.16. The Balaban J connectivity index is 2.01. The fraction of sp³-hybridized carbons (Fsp3) is 0.500. The van der Waals surface area contributed by atoms with Crippen molar-refractivity contribution < 1.29 is 4.79 Å². The van der Waals surface area contributed by atoms with E-state index in [1.54, 1.807) is 0 Å². The normalized spacial score (nSPS) is 16.5. The summed E-state index contributed by atoms with van der Waals surface area (Å²) in [4.78, 5) is 17.3. The van der Waals surface area contributed by atoms with Crippen molar-refractivity contribution in [1.82, 2.24) is 9.55 Å². The molecule has 1 heterocycles. The van der Waals surface area contributed by atoms with Crippen molar-refractivity contribution in [1.29, 1.82) is 0 Å². The second-order valence-electron chi connectivity index (χ2n) is 7.81. The largest absolute Gasteiger partial charge is 0.307 e. The molecule has 1 aliphatic carbocycles. The van der Waals surface area contributed by atoms with Crippen LogP contribution in [0.25, 0.3) is 11.0 Å². The van der Waals surface area contributed by atoms with Gasteiger partial charge in [0.15, 0.2) is 0 Å². The third-order valence-electron chi connectivity index (χ3n) is 5.22. The lowest BCUT2D eigenvalue weighted by Gasteiger charge is -2.30. The number of rotatable bonds is 3. The monoisotopic (exact) mass is 323 g/mol. The average Bonchev–Trinajstić information content (AvgIpc) is 2.81. The van der Waals surface area contributed by atoms with Gasteiger partial charge in [0.25, 0.3) is 0 Å². The van der Waals surface area contributed by atoms with E-state index in [9.17, 15) is 4.79 Å². The summed E-state index contributed by atoms with van der Waals surface area (Å²) in [6, 6.07) is 6.21. The van der Waals surface area contributed by atoms with Crippen LogP contribution in [0, 0.1) is 23.7 Å². The maximum Gasteiger partial charge on any atom is 0.230 e. The van der Waals surface area contributed by atoms with Crippen molar-refractivity contribution in [3.8, 4) is 12.3 Å². The third-order valence-corrected chi connectivity index (χ3v) is 5.22. The predicted molar refractivity (Wildman–Crippen MR) is 97.8 cm³/mol. The van der Waals surface area contributed by atoms with Gasteiger partial charge in [-0.15, -0.1) is 6.42 Å². The van der Waals surface area contributed by atoms with Gasteiger partial charge in [-0.05, 0) is 42.9 Å². The van der Waals surface area contributed by atoms with Crippen LogP contribution in [0.5, 0.6) is 0 Å². The molecule has 1 fully saturated rings. The van der Waals surface area contributed by atoms with Crippen molar-refractivity contribution in [2.24, 2.45) is 11.3 Å². The Labute approximate surface area is 143 Å². The molecule has 2 aromatic rings. The SMILES string of the molecule is C#Cc1ccc2nc(NC(=O)[C@@H](C)C(C)(C)C)n(C3CCC3)c2c1. The minimum absolute atomic E-state index is 0.00977. The Hall–Kier alpha value is -2.28. The highest BCUT2D eigenvalue weighted by molar-refractivity contribution is 5.93. The van der Waals surface area contributed by atoms with E-state index in [2.05, 4.69) is 41.6 Å². The summed E-state index contributed by atoms with van der Waals surface area (Å²) in [5.74, 6) is 3.23. The molecule has 0 radical (unpaired) electrons. The topological polar surface area (TPSA) is 46.9 Å². The highest BCUT2D eigenvalue weighted by atomic mass is 16.2. The summed E-state index contributed by atoms with van der Waals surface area (Å²) in [6.45, 7) is 8.18. The van der Waals surface area contributed by atoms with Gasteiger partial charge in [0.2, 0.25) is 11.9 Å². The second-order valence-corrected chi connectivity index (χ2v) is 7.81. The Morgan fingerprint density at radius 3 is 2.67 bits per heavy atom. The van der Waals surface area contributed by atoms with E-state index in [1.807, 2.05) is 25.1 Å². The van der Waals surface area contributed by atoms with E-state index >= 15 is 0 Å². The Kier molecular flexibility index (Phi) is 4.13. The van der Waals surface area contributed by atoms with E-state index in [-0.39, 0.29) is 17.2 Å². The fourth-order valence-electron chi connectivity index (χ4n) is 2.90. The van der Waals surface area contributed by atoms with Crippen LogP contribution in [0.2, 0.25) is 0 Å². The molecular formula is C20H25N3O. The molecule has 1 amide bonds. The van der Waals surface area contributed by atoms with Crippen LogP contribution in [-0.4, -0.2) is 15.5 Å². The maximum absolute atomic E-state index is 12.6. The molecule has 1 N–H and O–H groups in total. The number of hydrogen-bond donors (Lipinski definition) is 1. The van der Waals surface area contributed by atoms with Gasteiger partial charge in [-0.3, -0.25) is 10.1 Å². The number of carbonyl (C=O) groups excluding carboxylic acids is 1. The fourth-order valence-corrected chi connectivity index (χ4v) is 2.90. The number of nitrogens with zero attached hydrogens (tertiary/aromatic N) is 2. The molecule has 0 bridgehead atoms. The third kappa shape index (κ3) is 2.91. The van der Waals surface area contributed by atoms with Crippen molar-refractivity contribution in [3.63, 3.8) is 0 Å². The van der Waals surface area contributed by atoms with Gasteiger partial charge < -0.3 is 4.57 Å². The molecule has 126 valence electrons. The number of aromatic nitrogens is 2. The number of carbonyl (C=O) groups is 1. The lowest BCUT2D eigenvalue weighted by atomic mass is 9.81. The van der Waals surface area contributed by atoms with Crippen molar-refractivity contribution >= 4 is 22.9 Å². The molecule has 1 aromatic carbocycles. The quantitative estimate of drug-likeness (QED) is 0.853. The van der Waals surface area contributed by atoms with Gasteiger partial charge in [0.1, 0.15) is 0 Å². The van der Waals surface area contributed by atoms with E-state index < -0.39 is 0 Å². The predicted octanol–water partition coefficient (Wildman–Crippen LogP) is 4.36. The molecule has 1 saturated carbocycles. The molecule has 1 aromatic heterocycles. The van der Waals surface area contributed by atoms with Gasteiger partial charge >= 0.3 is 0 Å². The van der Waals surface area contributed by atoms with E-state index in [0.29, 0.717) is 12.0 Å². The van der Waals surface area contributed by atoms with Gasteiger partial charge in [0, 0.05) is 17.5 Å². The van der Waals surface area contributed by atoms with Crippen LogP contribution in [-0.2, 0) is 4.79 Å². The number of fused-ring (bicyclic) bond motifs is 1. The Morgan fingerprint density at radius 2 is 2.12 bits per heavy atom. The van der Waals surface area contributed by atoms with Crippen LogP contribution >= 0.6 is 0 Å². The summed E-state index contributed by atoms with van der Waals surface area (Å²) in [5.41, 5.74) is 2.63. The molecule has 0 spiro atoms. The minimum atomic E-state index is -0.103. The molecule has 1 atom stereocenters. The number of imidazole rings is 1. The first-order valence-electron chi connectivity index (χ1n) is 8.60. The van der Waals surface area contributed by atoms with Crippen LogP contribution in [0.1, 0.15) is 58.6 Å². The van der Waals surface area contributed by atoms with Gasteiger partial charge in [0.05, 0.1) is 11.0 Å². The van der Waals surface area contributed by atoms with Crippen molar-refractivity contribution in [2.75, 3.05) is 5.32 Å². The first-order valence-corrected chi connectivity index (χ1v) is 8.60. The molecule has 4 nitrogen and oxygen atoms in total. The van der Waals surface area contributed by atoms with Crippen molar-refractivity contribution in [3.05, 3.63) is 23.8 Å². The average molecular weight is 323 g/mol. The Bertz CT molecular complexity index is 816. The molecule has 3 rings (SSSR count). The molecule has 0 saturated heterocycles. The van der Waals surface area contributed by atoms with Crippen LogP contribution in [0.3, 0.4) is 0 Å². The zero-order valence-electron chi connectivity index (χ0n) is 14.9. The lowest BCUT2D eigenvalue weighted by Crippen LogP contribution is -2.32. The van der Waals surface area contributed by atoms with Gasteiger partial charge in [-0.2, -0.15) is 0 Å². The highest BCUT2D eigenvalue weighted by Gasteiger charge is 2.30. The van der Waals surface area contributed by atoms with E-state index in [4.69, 9.17) is 6.42 Å². The number of anilines is 1. The first kappa shape index (κ1) is 16.6. The van der Waals surface area contributed by atoms with Crippen LogP contribution < -0.4 is 5.32 Å². The molecule has 4 heteroatoms. The highest BCUT2D eigenvalue weighted by Crippen LogP contribution is 2.37. The summed E-state index contributed by atoms with van der Waals surface area (Å²) in [7, 11) is 0. The van der Waals surface area contributed by atoms with Gasteiger partial charge in [-0.1, -0.05) is 33.6 Å². The summed E-state index contributed by atoms with van der Waals surface area (Å²) in [5, 5.41) is 3.05. The van der Waals surface area contributed by atoms with Crippen LogP contribution in [0.15, 0.2) is 18.2 Å². The van der Waals surface area contributed by atoms with Crippen LogP contribution in [0.4, 0.5) is 5.95 Å². The number of amides is 1. The zero-order chi connectivity index (χ0) is 17.5. The molecule has 1 aliphatic rings. The minimum Gasteiger partial charge on any atom is -0.307 e. The van der Waals surface area contributed by atoms with E-state index in [1.165, 1.54) is 6.42 Å². The summed E-state index contributed by atoms with van der Waals surface area (Å²) in [6.07, 6.45) is 8.98. The smallest absolute Gasteiger partial charge is 0.230 e. The van der Waals surface area contributed by atoms with Crippen molar-refractivity contribution in [2.45, 2.75) is 53.0 Å². The lowest BCUT2D eigenvalue weighted by molar-refractivity contribution is -0.122. The number of hydrogen-bond acceptors (Lipinski definition) is 2. The Morgan fingerprint density at radius 1 is 1.42 bits per heavy atom. The second kappa shape index (κ2) is 5.98. The maximum atomic E-state index is 12.6. The standard InChI is InChI=1S/C20H25N3O/c1-6-14-10-11-16-17(12-14)23(15-8-7-9-15)19(21-16)22-18(24)13(2)20(3,4)5/h1,10-13,15H,7-9H2,2-5H3,(H,21,22,24)/t13-/m1/s1. The van der Waals surface area contributed by atoms with E-state index in [0.717, 1.165) is 29.4 Å². The zero-order valence-corrected chi connectivity index (χ0v) is 14.9. The molecule has 0 unspecified atom stereocenters. The number of benzene rings is 1. The first-order chi connectivity index (χ1) is 11.3. The molecule has 24 heavy (non-hydrogen) atoms.